The molecular weight excluding hydrogens is 326 g/mol. The smallest absolute Gasteiger partial charge is 0.265 e. The van der Waals surface area contributed by atoms with Crippen LogP contribution < -0.4 is 14.8 Å². The minimum absolute atomic E-state index is 0.208. The zero-order valence-electron chi connectivity index (χ0n) is 14.6. The van der Waals surface area contributed by atoms with E-state index in [0.29, 0.717) is 29.4 Å². The number of benzene rings is 3. The number of hydrogen-bond acceptors (Lipinski definition) is 3. The van der Waals surface area contributed by atoms with Crippen molar-refractivity contribution in [2.75, 3.05) is 5.32 Å². The van der Waals surface area contributed by atoms with Gasteiger partial charge in [0.25, 0.3) is 5.91 Å². The third-order valence-corrected chi connectivity index (χ3v) is 3.80. The van der Waals surface area contributed by atoms with Crippen molar-refractivity contribution in [3.05, 3.63) is 84.9 Å². The maximum Gasteiger partial charge on any atom is 0.265 e. The quantitative estimate of drug-likeness (QED) is 0.633. The topological polar surface area (TPSA) is 47.6 Å². The molecular formula is C22H21NO3. The first-order valence-electron chi connectivity index (χ1n) is 8.60. The van der Waals surface area contributed by atoms with Crippen LogP contribution in [-0.4, -0.2) is 12.0 Å². The molecule has 0 spiro atoms. The summed E-state index contributed by atoms with van der Waals surface area (Å²) in [6.07, 6.45) is -0.0233. The number of carbonyl (C=O) groups excluding carboxylic acids is 1. The molecule has 0 fully saturated rings. The van der Waals surface area contributed by atoms with Crippen molar-refractivity contribution in [1.82, 2.24) is 0 Å². The Labute approximate surface area is 153 Å². The molecule has 0 radical (unpaired) electrons. The van der Waals surface area contributed by atoms with Gasteiger partial charge in [0, 0.05) is 0 Å². The Bertz CT molecular complexity index is 834. The zero-order valence-corrected chi connectivity index (χ0v) is 14.6. The van der Waals surface area contributed by atoms with E-state index in [1.54, 1.807) is 0 Å². The van der Waals surface area contributed by atoms with E-state index in [2.05, 4.69) is 5.32 Å². The molecule has 0 aliphatic heterocycles. The molecule has 0 aromatic heterocycles. The first-order valence-corrected chi connectivity index (χ1v) is 8.60. The molecule has 0 aliphatic rings. The summed E-state index contributed by atoms with van der Waals surface area (Å²) in [7, 11) is 0. The van der Waals surface area contributed by atoms with E-state index in [4.69, 9.17) is 9.47 Å². The van der Waals surface area contributed by atoms with Gasteiger partial charge in [0.1, 0.15) is 11.5 Å². The zero-order chi connectivity index (χ0) is 18.2. The van der Waals surface area contributed by atoms with E-state index < -0.39 is 6.10 Å². The summed E-state index contributed by atoms with van der Waals surface area (Å²) in [6.45, 7) is 1.92. The molecule has 0 heterocycles. The maximum absolute atomic E-state index is 12.7. The average molecular weight is 347 g/mol. The normalized spacial score (nSPS) is 11.4. The predicted octanol–water partition coefficient (Wildman–Crippen LogP) is 5.28. The van der Waals surface area contributed by atoms with E-state index in [1.807, 2.05) is 91.9 Å². The summed E-state index contributed by atoms with van der Waals surface area (Å²) in [5.74, 6) is 1.76. The van der Waals surface area contributed by atoms with Gasteiger partial charge in [-0.15, -0.1) is 0 Å². The molecule has 3 rings (SSSR count). The lowest BCUT2D eigenvalue weighted by Gasteiger charge is -2.18. The fourth-order valence-corrected chi connectivity index (χ4v) is 2.47. The van der Waals surface area contributed by atoms with Crippen LogP contribution in [0.1, 0.15) is 13.3 Å². The standard InChI is InChI=1S/C22H21NO3/c1-2-20(25-17-11-5-3-6-12-17)22(24)23-19-15-9-10-16-21(19)26-18-13-7-4-8-14-18/h3-16,20H,2H2,1H3,(H,23,24)/t20-/m1/s1. The van der Waals surface area contributed by atoms with Crippen molar-refractivity contribution in [1.29, 1.82) is 0 Å². The van der Waals surface area contributed by atoms with Crippen LogP contribution in [0.4, 0.5) is 5.69 Å². The van der Waals surface area contributed by atoms with Crippen molar-refractivity contribution in [3.8, 4) is 17.2 Å². The second kappa shape index (κ2) is 8.72. The Morgan fingerprint density at radius 1 is 0.846 bits per heavy atom. The summed E-state index contributed by atoms with van der Waals surface area (Å²) in [5.41, 5.74) is 0.608. The van der Waals surface area contributed by atoms with Gasteiger partial charge in [-0.3, -0.25) is 4.79 Å². The molecule has 0 saturated heterocycles. The van der Waals surface area contributed by atoms with Gasteiger partial charge in [0.05, 0.1) is 5.69 Å². The Kier molecular flexibility index (Phi) is 5.88. The van der Waals surface area contributed by atoms with Crippen molar-refractivity contribution >= 4 is 11.6 Å². The van der Waals surface area contributed by atoms with E-state index in [9.17, 15) is 4.79 Å². The van der Waals surface area contributed by atoms with Crippen LogP contribution in [0.5, 0.6) is 17.2 Å². The summed E-state index contributed by atoms with van der Waals surface area (Å²) in [6, 6.07) is 26.1. The number of para-hydroxylation sites is 4. The fourth-order valence-electron chi connectivity index (χ4n) is 2.47. The number of anilines is 1. The van der Waals surface area contributed by atoms with Crippen LogP contribution in [0.15, 0.2) is 84.9 Å². The van der Waals surface area contributed by atoms with Crippen LogP contribution in [0, 0.1) is 0 Å². The highest BCUT2D eigenvalue weighted by molar-refractivity contribution is 5.95. The van der Waals surface area contributed by atoms with E-state index >= 15 is 0 Å². The van der Waals surface area contributed by atoms with Crippen LogP contribution in [-0.2, 0) is 4.79 Å². The largest absolute Gasteiger partial charge is 0.481 e. The van der Waals surface area contributed by atoms with E-state index in [0.717, 1.165) is 0 Å². The minimum Gasteiger partial charge on any atom is -0.481 e. The molecule has 0 saturated carbocycles. The molecule has 0 unspecified atom stereocenters. The van der Waals surface area contributed by atoms with Gasteiger partial charge < -0.3 is 14.8 Å². The van der Waals surface area contributed by atoms with Gasteiger partial charge in [-0.25, -0.2) is 0 Å². The van der Waals surface area contributed by atoms with Gasteiger partial charge in [0.2, 0.25) is 0 Å². The number of rotatable bonds is 7. The van der Waals surface area contributed by atoms with Crippen LogP contribution in [0.2, 0.25) is 0 Å². The van der Waals surface area contributed by atoms with Crippen LogP contribution in [0.25, 0.3) is 0 Å². The molecule has 132 valence electrons. The van der Waals surface area contributed by atoms with Crippen LogP contribution in [0.3, 0.4) is 0 Å². The molecule has 3 aromatic carbocycles. The summed E-state index contributed by atoms with van der Waals surface area (Å²) < 4.78 is 11.7. The monoisotopic (exact) mass is 347 g/mol. The lowest BCUT2D eigenvalue weighted by molar-refractivity contribution is -0.122. The highest BCUT2D eigenvalue weighted by Gasteiger charge is 2.20. The first-order chi connectivity index (χ1) is 12.8. The molecule has 1 amide bonds. The molecule has 26 heavy (non-hydrogen) atoms. The fraction of sp³-hybridized carbons (Fsp3) is 0.136. The highest BCUT2D eigenvalue weighted by atomic mass is 16.5. The van der Waals surface area contributed by atoms with Crippen molar-refractivity contribution in [2.24, 2.45) is 0 Å². The van der Waals surface area contributed by atoms with E-state index in [1.165, 1.54) is 0 Å². The van der Waals surface area contributed by atoms with Gasteiger partial charge >= 0.3 is 0 Å². The molecule has 4 nitrogen and oxygen atoms in total. The van der Waals surface area contributed by atoms with Gasteiger partial charge in [-0.2, -0.15) is 0 Å². The SMILES string of the molecule is CC[C@@H](Oc1ccccc1)C(=O)Nc1ccccc1Oc1ccccc1. The van der Waals surface area contributed by atoms with Crippen LogP contribution >= 0.6 is 0 Å². The second-order valence-corrected chi connectivity index (χ2v) is 5.73. The maximum atomic E-state index is 12.7. The number of ether oxygens (including phenoxy) is 2. The number of hydrogen-bond donors (Lipinski definition) is 1. The predicted molar refractivity (Wildman–Crippen MR) is 103 cm³/mol. The lowest BCUT2D eigenvalue weighted by atomic mass is 10.2. The average Bonchev–Trinajstić information content (AvgIpc) is 2.69. The van der Waals surface area contributed by atoms with Gasteiger partial charge in [-0.1, -0.05) is 55.5 Å². The Morgan fingerprint density at radius 2 is 1.42 bits per heavy atom. The molecule has 1 atom stereocenters. The second-order valence-electron chi connectivity index (χ2n) is 5.73. The van der Waals surface area contributed by atoms with Gasteiger partial charge in [-0.05, 0) is 42.8 Å². The Morgan fingerprint density at radius 3 is 2.08 bits per heavy atom. The molecule has 1 N–H and O–H groups in total. The first kappa shape index (κ1) is 17.5. The molecule has 0 aliphatic carbocycles. The summed E-state index contributed by atoms with van der Waals surface area (Å²) in [4.78, 5) is 12.7. The van der Waals surface area contributed by atoms with Crippen molar-refractivity contribution in [2.45, 2.75) is 19.4 Å². The Hall–Kier alpha value is -3.27. The number of nitrogens with one attached hydrogen (secondary N) is 1. The third kappa shape index (κ3) is 4.63. The van der Waals surface area contributed by atoms with Crippen molar-refractivity contribution in [3.63, 3.8) is 0 Å². The number of amides is 1. The molecule has 4 heteroatoms. The minimum atomic E-state index is -0.581. The van der Waals surface area contributed by atoms with Crippen molar-refractivity contribution < 1.29 is 14.3 Å². The van der Waals surface area contributed by atoms with Gasteiger partial charge in [0.15, 0.2) is 11.9 Å². The molecule has 0 bridgehead atoms. The number of carbonyl (C=O) groups is 1. The lowest BCUT2D eigenvalue weighted by Crippen LogP contribution is -2.32. The highest BCUT2D eigenvalue weighted by Crippen LogP contribution is 2.29. The third-order valence-electron chi connectivity index (χ3n) is 3.80. The summed E-state index contributed by atoms with van der Waals surface area (Å²) in [5, 5.41) is 2.91. The summed E-state index contributed by atoms with van der Waals surface area (Å²) >= 11 is 0. The molecule has 3 aromatic rings. The van der Waals surface area contributed by atoms with E-state index in [-0.39, 0.29) is 5.91 Å². The Balaban J connectivity index is 1.72.